The van der Waals surface area contributed by atoms with Gasteiger partial charge in [0.25, 0.3) is 0 Å². The van der Waals surface area contributed by atoms with Crippen molar-refractivity contribution in [1.82, 2.24) is 0 Å². The fourth-order valence-corrected chi connectivity index (χ4v) is 9.38. The second-order valence-electron chi connectivity index (χ2n) is 13.8. The molecule has 0 saturated carbocycles. The van der Waals surface area contributed by atoms with Crippen molar-refractivity contribution in [3.05, 3.63) is 29.3 Å². The summed E-state index contributed by atoms with van der Waals surface area (Å²) in [5.41, 5.74) is -1.22. The van der Waals surface area contributed by atoms with E-state index >= 15 is 0 Å². The van der Waals surface area contributed by atoms with E-state index in [1.807, 2.05) is 12.1 Å². The molecule has 1 rings (SSSR count). The maximum absolute atomic E-state index is 12.0. The van der Waals surface area contributed by atoms with Crippen molar-refractivity contribution in [2.45, 2.75) is 224 Å². The maximum atomic E-state index is 12.0. The van der Waals surface area contributed by atoms with Crippen LogP contribution in [0.3, 0.4) is 0 Å². The third-order valence-corrected chi connectivity index (χ3v) is 12.3. The molecule has 0 saturated heterocycles. The molecule has 0 N–H and O–H groups in total. The van der Waals surface area contributed by atoms with Crippen LogP contribution in [-0.4, -0.2) is 0 Å². The van der Waals surface area contributed by atoms with E-state index in [1.54, 1.807) is 0 Å². The minimum Gasteiger partial charge on any atom is -0.824 e. The summed E-state index contributed by atoms with van der Waals surface area (Å²) in [6.07, 6.45) is 43.2. The van der Waals surface area contributed by atoms with Gasteiger partial charge in [0.15, 0.2) is 0 Å². The topological polar surface area (TPSA) is 46.1 Å². The van der Waals surface area contributed by atoms with Crippen molar-refractivity contribution >= 4 is 28.9 Å². The van der Waals surface area contributed by atoms with E-state index in [-0.39, 0.29) is 19.5 Å². The Hall–Kier alpha value is 0.763. The van der Waals surface area contributed by atoms with Crippen LogP contribution >= 0.6 is 17.1 Å². The monoisotopic (exact) mass is 744 g/mol. The van der Waals surface area contributed by atoms with Crippen molar-refractivity contribution < 1.29 is 29.3 Å². The van der Waals surface area contributed by atoms with Gasteiger partial charge in [-0.2, -0.15) is 5.69 Å². The predicted octanol–water partition coefficient (Wildman–Crippen LogP) is 13.5. The van der Waals surface area contributed by atoms with Gasteiger partial charge in [0, 0.05) is 4.90 Å². The van der Waals surface area contributed by atoms with Crippen LogP contribution in [0.2, 0.25) is 0 Å². The summed E-state index contributed by atoms with van der Waals surface area (Å²) in [5.74, 6) is 0. The summed E-state index contributed by atoms with van der Waals surface area (Å²) >= 11 is 5.70. The first-order valence-electron chi connectivity index (χ1n) is 19.8. The summed E-state index contributed by atoms with van der Waals surface area (Å²) in [4.78, 5) is 24.9. The minimum atomic E-state index is -3.82. The molecule has 1 aromatic carbocycles. The summed E-state index contributed by atoms with van der Waals surface area (Å²) in [6, 6.07) is 6.23. The van der Waals surface area contributed by atoms with Gasteiger partial charge in [-0.05, 0) is 42.9 Å². The normalized spacial score (nSPS) is 11.7. The van der Waals surface area contributed by atoms with E-state index in [2.05, 4.69) is 19.9 Å². The van der Waals surface area contributed by atoms with Gasteiger partial charge in [-0.3, -0.25) is 0 Å². The Morgan fingerprint density at radius 3 is 1.11 bits per heavy atom. The maximum Gasteiger partial charge on any atom is 2.00 e. The van der Waals surface area contributed by atoms with E-state index in [0.717, 1.165) is 35.5 Å². The van der Waals surface area contributed by atoms with Crippen LogP contribution in [0, 0.1) is 0 Å². The van der Waals surface area contributed by atoms with Gasteiger partial charge in [0.1, 0.15) is 0 Å². The smallest absolute Gasteiger partial charge is 0.824 e. The molecule has 264 valence electrons. The Balaban J connectivity index is 0.0000202. The van der Waals surface area contributed by atoms with E-state index in [1.165, 1.54) is 197 Å². The van der Waals surface area contributed by atoms with Crippen LogP contribution in [-0.2, 0) is 44.1 Å². The zero-order chi connectivity index (χ0) is 32.7. The van der Waals surface area contributed by atoms with Crippen molar-refractivity contribution in [3.63, 3.8) is 0 Å². The summed E-state index contributed by atoms with van der Waals surface area (Å²) in [7, 11) is 0. The number of aryl methyl sites for hydroxylation is 1. The number of rotatable bonds is 34. The average molecular weight is 747 g/mol. The van der Waals surface area contributed by atoms with Gasteiger partial charge in [-0.25, -0.2) is 0 Å². The van der Waals surface area contributed by atoms with Crippen LogP contribution in [0.25, 0.3) is 0 Å². The standard InChI is InChI=1S/C40H75O2PS2.Zn/c1-3-5-7-9-11-13-15-17-19-21-23-25-27-29-31-34-38-35-33-37-40(45-43(41,42)44)39(38)36-32-30-28-26-24-22-20-18-16-14-12-10-8-6-4-2;/h33,35,37H,3-32,34,36H2,1-2H3,(H2,41,42,44);/q;+2/p-2. The molecule has 0 aliphatic rings. The van der Waals surface area contributed by atoms with Crippen molar-refractivity contribution in [3.8, 4) is 0 Å². The Labute approximate surface area is 309 Å². The first kappa shape index (κ1) is 46.8. The second kappa shape index (κ2) is 34.2. The van der Waals surface area contributed by atoms with Gasteiger partial charge in [0.2, 0.25) is 0 Å². The molecule has 0 aliphatic carbocycles. The molecule has 0 unspecified atom stereocenters. The van der Waals surface area contributed by atoms with E-state index in [4.69, 9.17) is 11.8 Å². The van der Waals surface area contributed by atoms with Gasteiger partial charge >= 0.3 is 19.5 Å². The first-order chi connectivity index (χ1) is 22.0. The van der Waals surface area contributed by atoms with Gasteiger partial charge in [0.05, 0.1) is 0 Å². The van der Waals surface area contributed by atoms with Crippen molar-refractivity contribution in [2.75, 3.05) is 0 Å². The zero-order valence-electron chi connectivity index (χ0n) is 30.6. The van der Waals surface area contributed by atoms with Gasteiger partial charge in [-0.1, -0.05) is 206 Å². The summed E-state index contributed by atoms with van der Waals surface area (Å²) in [6.45, 7) is 4.58. The molecular formula is C40H73O2PS2Zn. The summed E-state index contributed by atoms with van der Waals surface area (Å²) < 4.78 is 0. The van der Waals surface area contributed by atoms with Gasteiger partial charge < -0.3 is 9.79 Å². The fraction of sp³-hybridized carbons (Fsp3) is 0.850. The molecule has 0 amide bonds. The Kier molecular flexibility index (Phi) is 34.8. The third-order valence-electron chi connectivity index (χ3n) is 9.52. The molecule has 0 heterocycles. The van der Waals surface area contributed by atoms with Crippen LogP contribution in [0.15, 0.2) is 23.1 Å². The predicted molar refractivity (Wildman–Crippen MR) is 204 cm³/mol. The molecule has 0 atom stereocenters. The molecule has 0 aliphatic heterocycles. The SMILES string of the molecule is CCCCCCCCCCCCCCCCCc1cccc(SP([O-])([O-])=S)c1CCCCCCCCCCCCCCCCC.[Zn+2]. The molecule has 0 aromatic heterocycles. The largest absolute Gasteiger partial charge is 2.00 e. The Morgan fingerprint density at radius 2 is 0.783 bits per heavy atom. The Morgan fingerprint density at radius 1 is 0.478 bits per heavy atom. The average Bonchev–Trinajstić information content (AvgIpc) is 3.01. The van der Waals surface area contributed by atoms with Crippen LogP contribution < -0.4 is 9.79 Å². The van der Waals surface area contributed by atoms with E-state index in [9.17, 15) is 9.79 Å². The van der Waals surface area contributed by atoms with Crippen LogP contribution in [0.4, 0.5) is 0 Å². The number of benzene rings is 1. The van der Waals surface area contributed by atoms with E-state index < -0.39 is 5.69 Å². The molecule has 0 spiro atoms. The molecular weight excluding hydrogens is 673 g/mol. The molecule has 0 radical (unpaired) electrons. The number of unbranched alkanes of at least 4 members (excludes halogenated alkanes) is 28. The molecule has 6 heteroatoms. The zero-order valence-corrected chi connectivity index (χ0v) is 36.1. The van der Waals surface area contributed by atoms with Crippen molar-refractivity contribution in [1.29, 1.82) is 0 Å². The molecule has 0 fully saturated rings. The molecule has 1 aromatic rings. The van der Waals surface area contributed by atoms with Crippen molar-refractivity contribution in [2.24, 2.45) is 0 Å². The fourth-order valence-electron chi connectivity index (χ4n) is 6.69. The van der Waals surface area contributed by atoms with Gasteiger partial charge in [-0.15, -0.1) is 23.2 Å². The molecule has 46 heavy (non-hydrogen) atoms. The van der Waals surface area contributed by atoms with Crippen LogP contribution in [0.1, 0.15) is 218 Å². The molecule has 0 bridgehead atoms. The third kappa shape index (κ3) is 29.7. The summed E-state index contributed by atoms with van der Waals surface area (Å²) in [5, 5.41) is 0. The van der Waals surface area contributed by atoms with E-state index in [0.29, 0.717) is 0 Å². The quantitative estimate of drug-likeness (QED) is 0.0400. The minimum absolute atomic E-state index is 0. The molecule has 2 nitrogen and oxygen atoms in total. The number of hydrogen-bond donors (Lipinski definition) is 0. The first-order valence-corrected chi connectivity index (χ1v) is 23.9. The number of hydrogen-bond acceptors (Lipinski definition) is 4. The second-order valence-corrected chi connectivity index (χ2v) is 19.5. The van der Waals surface area contributed by atoms with Crippen LogP contribution in [0.5, 0.6) is 0 Å². The Bertz CT molecular complexity index is 831.